The van der Waals surface area contributed by atoms with Crippen LogP contribution in [0.3, 0.4) is 0 Å². The lowest BCUT2D eigenvalue weighted by Crippen LogP contribution is -2.65. The van der Waals surface area contributed by atoms with Crippen molar-refractivity contribution in [3.8, 4) is 45.8 Å². The second-order valence-electron chi connectivity index (χ2n) is 10.7. The fourth-order valence-electron chi connectivity index (χ4n) is 5.28. The van der Waals surface area contributed by atoms with Crippen molar-refractivity contribution in [2.24, 2.45) is 0 Å². The summed E-state index contributed by atoms with van der Waals surface area (Å²) in [5.74, 6) is -1.37. The number of rotatable bonds is 9. The van der Waals surface area contributed by atoms with E-state index in [1.165, 1.54) is 38.5 Å². The number of phenolic OH excluding ortho intramolecular Hbond substituents is 3. The highest BCUT2D eigenvalue weighted by Gasteiger charge is 2.51. The van der Waals surface area contributed by atoms with Gasteiger partial charge in [0.15, 0.2) is 17.8 Å². The van der Waals surface area contributed by atoms with E-state index < -0.39 is 80.4 Å². The Morgan fingerprint density at radius 2 is 1.30 bits per heavy atom. The van der Waals surface area contributed by atoms with Crippen molar-refractivity contribution in [2.45, 2.75) is 61.4 Å². The van der Waals surface area contributed by atoms with Gasteiger partial charge in [-0.1, -0.05) is 0 Å². The first-order chi connectivity index (χ1) is 21.9. The largest absolute Gasteiger partial charge is 0.507 e. The summed E-state index contributed by atoms with van der Waals surface area (Å²) in [6.45, 7) is -1.56. The minimum atomic E-state index is -1.90. The molecule has 1 aromatic heterocycles. The SMILES string of the molecule is COc1cc(-c2[o+]c3cc(O)cc(O)c3cc2O[C@@H]2O[C@H](CO)[C@@H](O[C@@H]3O[C@H](CO)[C@@H](O)[C@H](O)[C@H]3O)[C@H](O)[C@H]2O)cc(OC)c1O. The van der Waals surface area contributed by atoms with Crippen LogP contribution in [0.5, 0.6) is 34.5 Å². The summed E-state index contributed by atoms with van der Waals surface area (Å²) in [6.07, 6.45) is -16.9. The third-order valence-electron chi connectivity index (χ3n) is 7.76. The molecule has 0 unspecified atom stereocenters. The Hall–Kier alpha value is -3.75. The third kappa shape index (κ3) is 6.17. The molecule has 2 fully saturated rings. The summed E-state index contributed by atoms with van der Waals surface area (Å²) in [5.41, 5.74) is 0.192. The van der Waals surface area contributed by atoms with Crippen molar-refractivity contribution in [1.82, 2.24) is 0 Å². The fourth-order valence-corrected chi connectivity index (χ4v) is 5.28. The van der Waals surface area contributed by atoms with Crippen LogP contribution >= 0.6 is 0 Å². The van der Waals surface area contributed by atoms with Crippen molar-refractivity contribution in [2.75, 3.05) is 27.4 Å². The van der Waals surface area contributed by atoms with E-state index in [0.717, 1.165) is 6.07 Å². The molecule has 2 aromatic carbocycles. The third-order valence-corrected chi connectivity index (χ3v) is 7.76. The second kappa shape index (κ2) is 13.5. The zero-order valence-electron chi connectivity index (χ0n) is 24.4. The summed E-state index contributed by atoms with van der Waals surface area (Å²) < 4.78 is 39.0. The van der Waals surface area contributed by atoms with Crippen molar-refractivity contribution in [3.05, 3.63) is 30.3 Å². The zero-order chi connectivity index (χ0) is 33.4. The molecule has 46 heavy (non-hydrogen) atoms. The zero-order valence-corrected chi connectivity index (χ0v) is 24.4. The summed E-state index contributed by atoms with van der Waals surface area (Å²) >= 11 is 0. The minimum Gasteiger partial charge on any atom is -0.507 e. The molecule has 2 aliphatic rings. The maximum atomic E-state index is 11.1. The molecular formula is C29H35O17+. The van der Waals surface area contributed by atoms with E-state index in [1.54, 1.807) is 0 Å². The smallest absolute Gasteiger partial charge is 0.402 e. The van der Waals surface area contributed by atoms with Gasteiger partial charge in [0.05, 0.1) is 39.1 Å². The van der Waals surface area contributed by atoms with Crippen LogP contribution in [0.15, 0.2) is 34.7 Å². The molecule has 17 heteroatoms. The molecule has 3 heterocycles. The van der Waals surface area contributed by atoms with Gasteiger partial charge in [-0.15, -0.1) is 0 Å². The lowest BCUT2D eigenvalue weighted by molar-refractivity contribution is -0.352. The number of aromatic hydroxyl groups is 3. The summed E-state index contributed by atoms with van der Waals surface area (Å²) in [6, 6.07) is 6.29. The van der Waals surface area contributed by atoms with Gasteiger partial charge >= 0.3 is 11.3 Å². The molecule has 0 spiro atoms. The van der Waals surface area contributed by atoms with Crippen LogP contribution < -0.4 is 14.2 Å². The van der Waals surface area contributed by atoms with Gasteiger partial charge in [-0.05, 0) is 0 Å². The predicted molar refractivity (Wildman–Crippen MR) is 151 cm³/mol. The molecule has 252 valence electrons. The fraction of sp³-hybridized carbons (Fsp3) is 0.483. The standard InChI is InChI=1S/C29H34O17/c1-40-15-3-10(4-16(41-2)20(15)34)26-17(7-12-13(33)5-11(32)6-14(12)42-26)43-28-25(39)23(37)27(19(9-31)45-28)46-29-24(38)22(36)21(35)18(8-30)44-29/h3-7,18-19,21-25,27-31,35-39H,8-9H2,1-2H3,(H2-,32,33,34)/p+1/t18-,19-,21-,22+,23-,24-,25-,27-,28-,29+/m1/s1. The molecule has 0 amide bonds. The van der Waals surface area contributed by atoms with Gasteiger partial charge in [0.2, 0.25) is 17.8 Å². The number of hydrogen-bond donors (Lipinski definition) is 10. The minimum absolute atomic E-state index is 0.00256. The van der Waals surface area contributed by atoms with Crippen LogP contribution in [-0.4, -0.2) is 140 Å². The average molecular weight is 656 g/mol. The molecule has 2 aliphatic heterocycles. The van der Waals surface area contributed by atoms with Crippen LogP contribution in [-0.2, 0) is 14.2 Å². The van der Waals surface area contributed by atoms with Gasteiger partial charge in [0.1, 0.15) is 65.7 Å². The normalized spacial score (nSPS) is 31.5. The van der Waals surface area contributed by atoms with Crippen molar-refractivity contribution < 1.29 is 83.9 Å². The molecule has 0 radical (unpaired) electrons. The van der Waals surface area contributed by atoms with Crippen molar-refractivity contribution in [3.63, 3.8) is 0 Å². The average Bonchev–Trinajstić information content (AvgIpc) is 3.04. The highest BCUT2D eigenvalue weighted by Crippen LogP contribution is 2.45. The lowest BCUT2D eigenvalue weighted by Gasteiger charge is -2.45. The van der Waals surface area contributed by atoms with Gasteiger partial charge in [-0.25, -0.2) is 4.42 Å². The quantitative estimate of drug-likeness (QED) is 0.118. The maximum Gasteiger partial charge on any atom is 0.402 e. The predicted octanol–water partition coefficient (Wildman–Crippen LogP) is -1.48. The molecular weight excluding hydrogens is 620 g/mol. The molecule has 10 N–H and O–H groups in total. The maximum absolute atomic E-state index is 11.1. The van der Waals surface area contributed by atoms with Gasteiger partial charge in [-0.3, -0.25) is 0 Å². The van der Waals surface area contributed by atoms with Crippen LogP contribution in [0.25, 0.3) is 22.3 Å². The first kappa shape index (κ1) is 33.6. The summed E-state index contributed by atoms with van der Waals surface area (Å²) in [5, 5.41) is 103. The Labute approximate surface area is 260 Å². The van der Waals surface area contributed by atoms with Crippen LogP contribution in [0.4, 0.5) is 0 Å². The molecule has 2 saturated heterocycles. The number of benzene rings is 2. The Kier molecular flexibility index (Phi) is 9.89. The number of ether oxygens (including phenoxy) is 6. The van der Waals surface area contributed by atoms with E-state index in [-0.39, 0.29) is 51.0 Å². The Bertz CT molecular complexity index is 1500. The summed E-state index contributed by atoms with van der Waals surface area (Å²) in [4.78, 5) is 0. The van der Waals surface area contributed by atoms with Gasteiger partial charge in [-0.2, -0.15) is 0 Å². The second-order valence-corrected chi connectivity index (χ2v) is 10.7. The first-order valence-electron chi connectivity index (χ1n) is 14.0. The van der Waals surface area contributed by atoms with E-state index in [9.17, 15) is 51.1 Å². The molecule has 0 bridgehead atoms. The molecule has 3 aromatic rings. The van der Waals surface area contributed by atoms with Gasteiger partial charge < -0.3 is 79.5 Å². The van der Waals surface area contributed by atoms with E-state index in [4.69, 9.17) is 32.8 Å². The molecule has 5 rings (SSSR count). The highest BCUT2D eigenvalue weighted by molar-refractivity contribution is 5.88. The number of hydrogen-bond acceptors (Lipinski definition) is 16. The molecule has 0 aliphatic carbocycles. The van der Waals surface area contributed by atoms with Crippen LogP contribution in [0.2, 0.25) is 0 Å². The number of aliphatic hydroxyl groups is 7. The van der Waals surface area contributed by atoms with Crippen LogP contribution in [0, 0.1) is 0 Å². The molecule has 0 saturated carbocycles. The number of phenols is 3. The van der Waals surface area contributed by atoms with E-state index in [2.05, 4.69) is 0 Å². The number of methoxy groups -OCH3 is 2. The lowest BCUT2D eigenvalue weighted by atomic mass is 9.97. The van der Waals surface area contributed by atoms with E-state index in [1.807, 2.05) is 0 Å². The number of fused-ring (bicyclic) bond motifs is 1. The van der Waals surface area contributed by atoms with Gasteiger partial charge in [0, 0.05) is 24.3 Å². The Balaban J connectivity index is 1.49. The van der Waals surface area contributed by atoms with E-state index in [0.29, 0.717) is 0 Å². The highest BCUT2D eigenvalue weighted by atomic mass is 16.7. The van der Waals surface area contributed by atoms with Crippen molar-refractivity contribution >= 4 is 11.0 Å². The Morgan fingerprint density at radius 3 is 1.91 bits per heavy atom. The van der Waals surface area contributed by atoms with Gasteiger partial charge in [0.25, 0.3) is 0 Å². The number of aliphatic hydroxyl groups excluding tert-OH is 7. The summed E-state index contributed by atoms with van der Waals surface area (Å²) in [7, 11) is 2.60. The monoisotopic (exact) mass is 655 g/mol. The molecule has 10 atom stereocenters. The topological polar surface area (TPSA) is 269 Å². The van der Waals surface area contributed by atoms with E-state index >= 15 is 0 Å². The Morgan fingerprint density at radius 1 is 0.696 bits per heavy atom. The first-order valence-corrected chi connectivity index (χ1v) is 14.0. The van der Waals surface area contributed by atoms with Crippen LogP contribution in [0.1, 0.15) is 0 Å². The van der Waals surface area contributed by atoms with Crippen molar-refractivity contribution in [1.29, 1.82) is 0 Å². The molecule has 17 nitrogen and oxygen atoms in total.